The molecular formula is C14H31NO. The molecule has 3 unspecified atom stereocenters. The van der Waals surface area contributed by atoms with Crippen molar-refractivity contribution in [1.29, 1.82) is 0 Å². The number of rotatable bonds is 9. The quantitative estimate of drug-likeness (QED) is 0.636. The van der Waals surface area contributed by atoms with Crippen LogP contribution < -0.4 is 5.32 Å². The van der Waals surface area contributed by atoms with Gasteiger partial charge < -0.3 is 10.4 Å². The second kappa shape index (κ2) is 8.08. The Morgan fingerprint density at radius 3 is 2.25 bits per heavy atom. The fourth-order valence-corrected chi connectivity index (χ4v) is 2.07. The lowest BCUT2D eigenvalue weighted by Crippen LogP contribution is -2.42. The Morgan fingerprint density at radius 2 is 1.88 bits per heavy atom. The molecule has 0 bridgehead atoms. The van der Waals surface area contributed by atoms with E-state index in [0.29, 0.717) is 6.04 Å². The van der Waals surface area contributed by atoms with Crippen LogP contribution in [0.5, 0.6) is 0 Å². The molecule has 0 aromatic heterocycles. The predicted octanol–water partition coefficient (Wildman–Crippen LogP) is 3.20. The van der Waals surface area contributed by atoms with Gasteiger partial charge in [-0.3, -0.25) is 0 Å². The van der Waals surface area contributed by atoms with Crippen molar-refractivity contribution in [2.45, 2.75) is 66.3 Å². The summed E-state index contributed by atoms with van der Waals surface area (Å²) in [5.74, 6) is 0.731. The molecule has 0 aliphatic carbocycles. The summed E-state index contributed by atoms with van der Waals surface area (Å²) in [6.45, 7) is 12.3. The third kappa shape index (κ3) is 5.31. The fraction of sp³-hybridized carbons (Fsp3) is 1.00. The third-order valence-electron chi connectivity index (χ3n) is 3.90. The third-order valence-corrected chi connectivity index (χ3v) is 3.90. The highest BCUT2D eigenvalue weighted by molar-refractivity contribution is 4.79. The summed E-state index contributed by atoms with van der Waals surface area (Å²) in [4.78, 5) is 0. The zero-order chi connectivity index (χ0) is 12.6. The fourth-order valence-electron chi connectivity index (χ4n) is 2.07. The highest BCUT2D eigenvalue weighted by Gasteiger charge is 2.23. The van der Waals surface area contributed by atoms with Crippen LogP contribution in [-0.2, 0) is 0 Å². The Balaban J connectivity index is 4.12. The lowest BCUT2D eigenvalue weighted by molar-refractivity contribution is 0.127. The minimum atomic E-state index is 0.0410. The van der Waals surface area contributed by atoms with E-state index in [0.717, 1.165) is 18.9 Å². The van der Waals surface area contributed by atoms with Crippen molar-refractivity contribution in [3.05, 3.63) is 0 Å². The zero-order valence-corrected chi connectivity index (χ0v) is 11.8. The van der Waals surface area contributed by atoms with Gasteiger partial charge in [-0.2, -0.15) is 0 Å². The Kier molecular flexibility index (Phi) is 8.04. The average molecular weight is 229 g/mol. The molecule has 0 saturated heterocycles. The first-order valence-electron chi connectivity index (χ1n) is 6.87. The molecule has 0 rings (SSSR count). The molecule has 16 heavy (non-hydrogen) atoms. The summed E-state index contributed by atoms with van der Waals surface area (Å²) in [6.07, 6.45) is 4.74. The molecule has 2 N–H and O–H groups in total. The van der Waals surface area contributed by atoms with Gasteiger partial charge in [0.2, 0.25) is 0 Å². The molecule has 0 aliphatic rings. The van der Waals surface area contributed by atoms with Crippen molar-refractivity contribution >= 4 is 0 Å². The van der Waals surface area contributed by atoms with Crippen LogP contribution in [0.25, 0.3) is 0 Å². The van der Waals surface area contributed by atoms with E-state index < -0.39 is 0 Å². The van der Waals surface area contributed by atoms with E-state index in [-0.39, 0.29) is 12.0 Å². The molecule has 0 spiro atoms. The first kappa shape index (κ1) is 15.9. The van der Waals surface area contributed by atoms with E-state index in [4.69, 9.17) is 0 Å². The van der Waals surface area contributed by atoms with Crippen LogP contribution in [0.15, 0.2) is 0 Å². The number of hydrogen-bond acceptors (Lipinski definition) is 2. The maximum Gasteiger partial charge on any atom is 0.0496 e. The first-order chi connectivity index (χ1) is 7.52. The minimum absolute atomic E-state index is 0.0410. The van der Waals surface area contributed by atoms with Gasteiger partial charge in [0.25, 0.3) is 0 Å². The normalized spacial score (nSPS) is 19.1. The van der Waals surface area contributed by atoms with Gasteiger partial charge in [0, 0.05) is 24.6 Å². The summed E-state index contributed by atoms with van der Waals surface area (Å²) >= 11 is 0. The van der Waals surface area contributed by atoms with Gasteiger partial charge in [-0.15, -0.1) is 0 Å². The highest BCUT2D eigenvalue weighted by atomic mass is 16.3. The average Bonchev–Trinajstić information content (AvgIpc) is 2.30. The summed E-state index contributed by atoms with van der Waals surface area (Å²) in [5, 5.41) is 13.0. The highest BCUT2D eigenvalue weighted by Crippen LogP contribution is 2.20. The van der Waals surface area contributed by atoms with Gasteiger partial charge in [0.05, 0.1) is 0 Å². The first-order valence-corrected chi connectivity index (χ1v) is 6.87. The van der Waals surface area contributed by atoms with E-state index >= 15 is 0 Å². The van der Waals surface area contributed by atoms with Gasteiger partial charge >= 0.3 is 0 Å². The maximum absolute atomic E-state index is 9.37. The molecule has 0 aromatic rings. The Labute approximate surface area is 102 Å². The second-order valence-electron chi connectivity index (χ2n) is 5.48. The van der Waals surface area contributed by atoms with E-state index in [9.17, 15) is 5.11 Å². The summed E-state index contributed by atoms with van der Waals surface area (Å²) < 4.78 is 0. The molecule has 0 aromatic carbocycles. The summed E-state index contributed by atoms with van der Waals surface area (Å²) in [5.41, 5.74) is 0.0410. The largest absolute Gasteiger partial charge is 0.396 e. The minimum Gasteiger partial charge on any atom is -0.396 e. The maximum atomic E-state index is 9.37. The molecular weight excluding hydrogens is 198 g/mol. The topological polar surface area (TPSA) is 32.3 Å². The molecule has 0 heterocycles. The van der Waals surface area contributed by atoms with Gasteiger partial charge in [0.1, 0.15) is 0 Å². The van der Waals surface area contributed by atoms with Crippen molar-refractivity contribution in [3.8, 4) is 0 Å². The van der Waals surface area contributed by atoms with Crippen molar-refractivity contribution in [2.24, 2.45) is 11.3 Å². The molecule has 2 heteroatoms. The van der Waals surface area contributed by atoms with Crippen LogP contribution in [-0.4, -0.2) is 24.3 Å². The number of hydrogen-bond donors (Lipinski definition) is 2. The van der Waals surface area contributed by atoms with Crippen LogP contribution in [0.2, 0.25) is 0 Å². The molecule has 3 atom stereocenters. The summed E-state index contributed by atoms with van der Waals surface area (Å²) in [6, 6.07) is 0.595. The zero-order valence-electron chi connectivity index (χ0n) is 11.8. The van der Waals surface area contributed by atoms with E-state index in [1.807, 2.05) is 0 Å². The van der Waals surface area contributed by atoms with Crippen LogP contribution in [0, 0.1) is 11.3 Å². The molecule has 98 valence electrons. The van der Waals surface area contributed by atoms with Crippen molar-refractivity contribution < 1.29 is 5.11 Å². The Bertz CT molecular complexity index is 166. The Hall–Kier alpha value is -0.0800. The van der Waals surface area contributed by atoms with Crippen molar-refractivity contribution in [1.82, 2.24) is 5.32 Å². The molecule has 0 fully saturated rings. The molecule has 0 saturated carbocycles. The SMILES string of the molecule is CCCC(C)C(CC)NCC(C)(CC)CO. The van der Waals surface area contributed by atoms with Crippen LogP contribution in [0.3, 0.4) is 0 Å². The second-order valence-corrected chi connectivity index (χ2v) is 5.48. The molecule has 0 radical (unpaired) electrons. The van der Waals surface area contributed by atoms with Gasteiger partial charge in [0.15, 0.2) is 0 Å². The monoisotopic (exact) mass is 229 g/mol. The lowest BCUT2D eigenvalue weighted by atomic mass is 9.87. The van der Waals surface area contributed by atoms with Crippen molar-refractivity contribution in [2.75, 3.05) is 13.2 Å². The smallest absolute Gasteiger partial charge is 0.0496 e. The van der Waals surface area contributed by atoms with Crippen LogP contribution in [0.1, 0.15) is 60.3 Å². The Morgan fingerprint density at radius 1 is 1.25 bits per heavy atom. The number of aliphatic hydroxyl groups excluding tert-OH is 1. The van der Waals surface area contributed by atoms with Crippen molar-refractivity contribution in [3.63, 3.8) is 0 Å². The molecule has 2 nitrogen and oxygen atoms in total. The van der Waals surface area contributed by atoms with Gasteiger partial charge in [-0.1, -0.05) is 41.0 Å². The van der Waals surface area contributed by atoms with E-state index in [2.05, 4.69) is 39.9 Å². The van der Waals surface area contributed by atoms with E-state index in [1.165, 1.54) is 19.3 Å². The molecule has 0 amide bonds. The number of aliphatic hydroxyl groups is 1. The van der Waals surface area contributed by atoms with Crippen LogP contribution in [0.4, 0.5) is 0 Å². The van der Waals surface area contributed by atoms with Gasteiger partial charge in [-0.25, -0.2) is 0 Å². The predicted molar refractivity (Wildman–Crippen MR) is 71.6 cm³/mol. The van der Waals surface area contributed by atoms with E-state index in [1.54, 1.807) is 0 Å². The summed E-state index contributed by atoms with van der Waals surface area (Å²) in [7, 11) is 0. The standard InChI is InChI=1S/C14H31NO/c1-6-9-12(4)13(7-2)15-10-14(5,8-3)11-16/h12-13,15-16H,6-11H2,1-5H3. The number of nitrogens with one attached hydrogen (secondary N) is 1. The lowest BCUT2D eigenvalue weighted by Gasteiger charge is -2.31. The van der Waals surface area contributed by atoms with Gasteiger partial charge in [-0.05, 0) is 25.2 Å². The van der Waals surface area contributed by atoms with Crippen LogP contribution >= 0.6 is 0 Å². The molecule has 0 aliphatic heterocycles.